The van der Waals surface area contributed by atoms with Gasteiger partial charge >= 0.3 is 0 Å². The highest BCUT2D eigenvalue weighted by atomic mass is 32.2. The number of carbonyl (C=O) groups excluding carboxylic acids is 1. The first kappa shape index (κ1) is 22.1. The Morgan fingerprint density at radius 1 is 0.938 bits per heavy atom. The molecule has 32 heavy (non-hydrogen) atoms. The predicted molar refractivity (Wildman–Crippen MR) is 127 cm³/mol. The maximum Gasteiger partial charge on any atom is 0.289 e. The van der Waals surface area contributed by atoms with E-state index in [0.29, 0.717) is 36.1 Å². The fourth-order valence-electron chi connectivity index (χ4n) is 3.77. The molecule has 0 unspecified atom stereocenters. The number of carbonyl (C=O) groups is 1. The van der Waals surface area contributed by atoms with Crippen LogP contribution in [0.3, 0.4) is 0 Å². The van der Waals surface area contributed by atoms with Crippen LogP contribution in [0.15, 0.2) is 65.1 Å². The van der Waals surface area contributed by atoms with Gasteiger partial charge < -0.3 is 19.0 Å². The molecule has 0 bridgehead atoms. The average Bonchev–Trinajstić information content (AvgIpc) is 3.28. The Morgan fingerprint density at radius 3 is 2.28 bits per heavy atom. The third kappa shape index (κ3) is 5.40. The Labute approximate surface area is 191 Å². The molecule has 1 aliphatic rings. The number of furan rings is 1. The van der Waals surface area contributed by atoms with Gasteiger partial charge in [0.1, 0.15) is 11.5 Å². The number of methoxy groups -OCH3 is 1. The number of ether oxygens (including phenoxy) is 1. The number of aryl methyl sites for hydroxylation is 1. The number of anilines is 1. The van der Waals surface area contributed by atoms with Gasteiger partial charge in [-0.2, -0.15) is 0 Å². The molecule has 0 radical (unpaired) electrons. The highest BCUT2D eigenvalue weighted by molar-refractivity contribution is 7.83. The van der Waals surface area contributed by atoms with Gasteiger partial charge in [0.05, 0.1) is 12.9 Å². The zero-order valence-corrected chi connectivity index (χ0v) is 19.3. The van der Waals surface area contributed by atoms with E-state index in [1.165, 1.54) is 5.56 Å². The molecule has 168 valence electrons. The minimum Gasteiger partial charge on any atom is -0.497 e. The summed E-state index contributed by atoms with van der Waals surface area (Å²) in [5.74, 6) is 2.37. The largest absolute Gasteiger partial charge is 0.497 e. The standard InChI is InChI=1S/C25H28N2O4S/c1-19-3-5-20(6-4-19)17-32(29)18-23-11-12-24(31-23)25(28)27-15-13-26(14-16-27)21-7-9-22(30-2)10-8-21/h3-12H,13-18H2,1-2H3/t32-/m1/s1. The number of amides is 1. The van der Waals surface area contributed by atoms with Crippen molar-refractivity contribution < 1.29 is 18.2 Å². The van der Waals surface area contributed by atoms with Crippen LogP contribution in [0.2, 0.25) is 0 Å². The fourth-order valence-corrected chi connectivity index (χ4v) is 4.91. The van der Waals surface area contributed by atoms with Gasteiger partial charge in [0.25, 0.3) is 5.91 Å². The summed E-state index contributed by atoms with van der Waals surface area (Å²) in [6.07, 6.45) is 0. The van der Waals surface area contributed by atoms with Crippen molar-refractivity contribution in [2.24, 2.45) is 0 Å². The second kappa shape index (κ2) is 10.0. The number of nitrogens with zero attached hydrogens (tertiary/aromatic N) is 2. The van der Waals surface area contributed by atoms with Gasteiger partial charge in [-0.1, -0.05) is 29.8 Å². The van der Waals surface area contributed by atoms with Crippen molar-refractivity contribution in [2.45, 2.75) is 18.4 Å². The molecule has 1 amide bonds. The van der Waals surface area contributed by atoms with Crippen molar-refractivity contribution in [2.75, 3.05) is 38.2 Å². The molecule has 3 aromatic rings. The second-order valence-electron chi connectivity index (χ2n) is 7.96. The molecule has 1 aliphatic heterocycles. The Morgan fingerprint density at radius 2 is 1.62 bits per heavy atom. The molecule has 0 spiro atoms. The van der Waals surface area contributed by atoms with Gasteiger partial charge in [-0.15, -0.1) is 0 Å². The molecule has 1 atom stereocenters. The number of hydrogen-bond acceptors (Lipinski definition) is 5. The number of piperazine rings is 1. The number of rotatable bonds is 7. The first-order valence-corrected chi connectivity index (χ1v) is 12.2. The number of hydrogen-bond donors (Lipinski definition) is 0. The van der Waals surface area contributed by atoms with Gasteiger partial charge in [-0.3, -0.25) is 9.00 Å². The zero-order chi connectivity index (χ0) is 22.5. The minimum absolute atomic E-state index is 0.116. The van der Waals surface area contributed by atoms with E-state index in [-0.39, 0.29) is 5.91 Å². The lowest BCUT2D eigenvalue weighted by molar-refractivity contribution is 0.0713. The van der Waals surface area contributed by atoms with E-state index >= 15 is 0 Å². The van der Waals surface area contributed by atoms with E-state index in [2.05, 4.69) is 4.90 Å². The summed E-state index contributed by atoms with van der Waals surface area (Å²) in [4.78, 5) is 16.9. The zero-order valence-electron chi connectivity index (χ0n) is 18.5. The summed E-state index contributed by atoms with van der Waals surface area (Å²) in [5.41, 5.74) is 3.33. The molecule has 1 aromatic heterocycles. The lowest BCUT2D eigenvalue weighted by Gasteiger charge is -2.35. The third-order valence-corrected chi connectivity index (χ3v) is 6.89. The van der Waals surface area contributed by atoms with Crippen molar-refractivity contribution in [3.8, 4) is 5.75 Å². The van der Waals surface area contributed by atoms with Crippen LogP contribution < -0.4 is 9.64 Å². The highest BCUT2D eigenvalue weighted by Gasteiger charge is 2.24. The summed E-state index contributed by atoms with van der Waals surface area (Å²) in [6, 6.07) is 19.4. The van der Waals surface area contributed by atoms with E-state index in [4.69, 9.17) is 9.15 Å². The van der Waals surface area contributed by atoms with Crippen LogP contribution in [0.4, 0.5) is 5.69 Å². The minimum atomic E-state index is -1.10. The summed E-state index contributed by atoms with van der Waals surface area (Å²) in [6.45, 7) is 4.79. The fraction of sp³-hybridized carbons (Fsp3) is 0.320. The second-order valence-corrected chi connectivity index (χ2v) is 9.41. The molecule has 0 N–H and O–H groups in total. The molecule has 0 aliphatic carbocycles. The van der Waals surface area contributed by atoms with Crippen LogP contribution in [-0.2, 0) is 22.3 Å². The smallest absolute Gasteiger partial charge is 0.289 e. The van der Waals surface area contributed by atoms with Crippen molar-refractivity contribution in [3.63, 3.8) is 0 Å². The third-order valence-electron chi connectivity index (χ3n) is 5.63. The van der Waals surface area contributed by atoms with Crippen LogP contribution in [0.25, 0.3) is 0 Å². The molecule has 6 nitrogen and oxygen atoms in total. The summed E-state index contributed by atoms with van der Waals surface area (Å²) < 4.78 is 23.5. The molecule has 7 heteroatoms. The summed E-state index contributed by atoms with van der Waals surface area (Å²) in [7, 11) is 0.558. The van der Waals surface area contributed by atoms with Crippen LogP contribution in [0, 0.1) is 6.92 Å². The monoisotopic (exact) mass is 452 g/mol. The molecular weight excluding hydrogens is 424 g/mol. The van der Waals surface area contributed by atoms with Gasteiger partial charge in [0.2, 0.25) is 0 Å². The van der Waals surface area contributed by atoms with E-state index in [1.54, 1.807) is 19.2 Å². The molecule has 4 rings (SSSR count). The van der Waals surface area contributed by atoms with Gasteiger partial charge in [-0.05, 0) is 48.9 Å². The maximum atomic E-state index is 12.9. The Balaban J connectivity index is 1.29. The molecule has 2 heterocycles. The van der Waals surface area contributed by atoms with Crippen molar-refractivity contribution >= 4 is 22.4 Å². The Bertz CT molecular complexity index is 1070. The maximum absolute atomic E-state index is 12.9. The quantitative estimate of drug-likeness (QED) is 0.542. The van der Waals surface area contributed by atoms with E-state index in [1.807, 2.05) is 60.4 Å². The topological polar surface area (TPSA) is 63.0 Å². The van der Waals surface area contributed by atoms with E-state index < -0.39 is 10.8 Å². The molecular formula is C25H28N2O4S. The van der Waals surface area contributed by atoms with Gasteiger partial charge in [-0.25, -0.2) is 0 Å². The highest BCUT2D eigenvalue weighted by Crippen LogP contribution is 2.21. The van der Waals surface area contributed by atoms with E-state index in [9.17, 15) is 9.00 Å². The summed E-state index contributed by atoms with van der Waals surface area (Å²) in [5, 5.41) is 0. The van der Waals surface area contributed by atoms with Gasteiger partial charge in [0.15, 0.2) is 5.76 Å². The molecule has 1 saturated heterocycles. The average molecular weight is 453 g/mol. The number of benzene rings is 2. The van der Waals surface area contributed by atoms with Crippen LogP contribution in [0.1, 0.15) is 27.4 Å². The first-order chi connectivity index (χ1) is 15.5. The molecule has 0 saturated carbocycles. The van der Waals surface area contributed by atoms with Crippen molar-refractivity contribution in [3.05, 3.63) is 83.3 Å². The van der Waals surface area contributed by atoms with E-state index in [0.717, 1.165) is 30.1 Å². The molecule has 2 aromatic carbocycles. The normalized spacial score (nSPS) is 14.9. The SMILES string of the molecule is COc1ccc(N2CCN(C(=O)c3ccc(C[S@](=O)Cc4ccc(C)cc4)o3)CC2)cc1. The predicted octanol–water partition coefficient (Wildman–Crippen LogP) is 4.01. The van der Waals surface area contributed by atoms with Crippen LogP contribution in [-0.4, -0.2) is 48.3 Å². The van der Waals surface area contributed by atoms with Crippen molar-refractivity contribution in [1.82, 2.24) is 4.90 Å². The lowest BCUT2D eigenvalue weighted by Crippen LogP contribution is -2.48. The van der Waals surface area contributed by atoms with Crippen molar-refractivity contribution in [1.29, 1.82) is 0 Å². The molecule has 1 fully saturated rings. The van der Waals surface area contributed by atoms with Crippen LogP contribution >= 0.6 is 0 Å². The Kier molecular flexibility index (Phi) is 6.95. The summed E-state index contributed by atoms with van der Waals surface area (Å²) >= 11 is 0. The van der Waals surface area contributed by atoms with Gasteiger partial charge in [0, 0.05) is 48.4 Å². The lowest BCUT2D eigenvalue weighted by atomic mass is 10.2. The Hall–Kier alpha value is -3.06. The first-order valence-electron chi connectivity index (χ1n) is 10.7. The van der Waals surface area contributed by atoms with Crippen LogP contribution in [0.5, 0.6) is 5.75 Å².